The third-order valence-electron chi connectivity index (χ3n) is 1.72. The molecule has 16 heavy (non-hydrogen) atoms. The topological polar surface area (TPSA) is 68.9 Å². The second kappa shape index (κ2) is 4.44. The van der Waals surface area contributed by atoms with Crippen molar-refractivity contribution < 1.29 is 4.92 Å². The van der Waals surface area contributed by atoms with Crippen LogP contribution < -0.4 is 0 Å². The zero-order chi connectivity index (χ0) is 11.7. The number of thiophene rings is 1. The maximum absolute atomic E-state index is 10.5. The number of rotatable bonds is 2. The van der Waals surface area contributed by atoms with Crippen molar-refractivity contribution in [1.82, 2.24) is 9.97 Å². The van der Waals surface area contributed by atoms with Gasteiger partial charge in [-0.3, -0.25) is 10.1 Å². The summed E-state index contributed by atoms with van der Waals surface area (Å²) in [5.41, 5.74) is 0.0367. The molecule has 0 fully saturated rings. The molecule has 0 atom stereocenters. The highest BCUT2D eigenvalue weighted by Crippen LogP contribution is 2.30. The molecule has 2 rings (SSSR count). The standard InChI is InChI=1S/C8H3BrClN3O2S/c9-7-5(10)2-11-8(12-7)6-1-4(3-16-6)13(14)15/h1-3H. The lowest BCUT2D eigenvalue weighted by Gasteiger charge is -1.97. The molecule has 5 nitrogen and oxygen atoms in total. The van der Waals surface area contributed by atoms with Gasteiger partial charge in [0, 0.05) is 6.07 Å². The summed E-state index contributed by atoms with van der Waals surface area (Å²) in [5, 5.41) is 12.4. The van der Waals surface area contributed by atoms with Crippen LogP contribution in [0.2, 0.25) is 5.02 Å². The molecule has 0 radical (unpaired) electrons. The summed E-state index contributed by atoms with van der Waals surface area (Å²) < 4.78 is 0.468. The Morgan fingerprint density at radius 1 is 1.56 bits per heavy atom. The van der Waals surface area contributed by atoms with Gasteiger partial charge in [0.15, 0.2) is 5.82 Å². The van der Waals surface area contributed by atoms with E-state index >= 15 is 0 Å². The Morgan fingerprint density at radius 2 is 2.31 bits per heavy atom. The highest BCUT2D eigenvalue weighted by Gasteiger charge is 2.13. The van der Waals surface area contributed by atoms with Gasteiger partial charge in [0.1, 0.15) is 4.60 Å². The van der Waals surface area contributed by atoms with Gasteiger partial charge in [0.05, 0.1) is 26.4 Å². The summed E-state index contributed by atoms with van der Waals surface area (Å²) in [6.07, 6.45) is 1.44. The maximum atomic E-state index is 10.5. The van der Waals surface area contributed by atoms with Crippen LogP contribution in [0.15, 0.2) is 22.2 Å². The highest BCUT2D eigenvalue weighted by molar-refractivity contribution is 9.10. The summed E-state index contributed by atoms with van der Waals surface area (Å²) in [5.74, 6) is 0.411. The van der Waals surface area contributed by atoms with Crippen LogP contribution in [-0.4, -0.2) is 14.9 Å². The lowest BCUT2D eigenvalue weighted by atomic mass is 10.4. The fourth-order valence-corrected chi connectivity index (χ4v) is 2.16. The SMILES string of the molecule is O=[N+]([O-])c1csc(-c2ncc(Cl)c(Br)n2)c1. The molecule has 0 aliphatic carbocycles. The largest absolute Gasteiger partial charge is 0.280 e. The van der Waals surface area contributed by atoms with E-state index in [2.05, 4.69) is 25.9 Å². The van der Waals surface area contributed by atoms with Crippen LogP contribution in [-0.2, 0) is 0 Å². The van der Waals surface area contributed by atoms with Crippen LogP contribution in [0.1, 0.15) is 0 Å². The van der Waals surface area contributed by atoms with Crippen LogP contribution in [0.5, 0.6) is 0 Å². The van der Waals surface area contributed by atoms with E-state index in [9.17, 15) is 10.1 Å². The average molecular weight is 321 g/mol. The Bertz CT molecular complexity index is 560. The fourth-order valence-electron chi connectivity index (χ4n) is 1.00. The molecule has 0 amide bonds. The monoisotopic (exact) mass is 319 g/mol. The van der Waals surface area contributed by atoms with E-state index in [-0.39, 0.29) is 5.69 Å². The zero-order valence-corrected chi connectivity index (χ0v) is 10.7. The molecular weight excluding hydrogens is 318 g/mol. The zero-order valence-electron chi connectivity index (χ0n) is 7.55. The summed E-state index contributed by atoms with van der Waals surface area (Å²) in [6.45, 7) is 0. The second-order valence-electron chi connectivity index (χ2n) is 2.76. The fraction of sp³-hybridized carbons (Fsp3) is 0. The van der Waals surface area contributed by atoms with Gasteiger partial charge in [-0.05, 0) is 15.9 Å². The lowest BCUT2D eigenvalue weighted by molar-refractivity contribution is -0.384. The van der Waals surface area contributed by atoms with Gasteiger partial charge in [0.2, 0.25) is 0 Å². The molecule has 8 heteroatoms. The van der Waals surface area contributed by atoms with Gasteiger partial charge in [-0.2, -0.15) is 0 Å². The first-order valence-corrected chi connectivity index (χ1v) is 6.04. The Morgan fingerprint density at radius 3 is 2.88 bits per heavy atom. The number of nitrogens with zero attached hydrogens (tertiary/aromatic N) is 3. The van der Waals surface area contributed by atoms with Gasteiger partial charge < -0.3 is 0 Å². The lowest BCUT2D eigenvalue weighted by Crippen LogP contribution is -1.88. The van der Waals surface area contributed by atoms with E-state index in [1.165, 1.54) is 29.0 Å². The number of aromatic nitrogens is 2. The van der Waals surface area contributed by atoms with E-state index < -0.39 is 4.92 Å². The summed E-state index contributed by atoms with van der Waals surface area (Å²) in [6, 6.07) is 1.43. The third kappa shape index (κ3) is 2.21. The van der Waals surface area contributed by atoms with E-state index in [0.717, 1.165) is 0 Å². The van der Waals surface area contributed by atoms with Crippen molar-refractivity contribution in [3.63, 3.8) is 0 Å². The number of halogens is 2. The van der Waals surface area contributed by atoms with Crippen LogP contribution in [0, 0.1) is 10.1 Å². The minimum Gasteiger partial charge on any atom is -0.258 e. The molecular formula is C8H3BrClN3O2S. The smallest absolute Gasteiger partial charge is 0.258 e. The van der Waals surface area contributed by atoms with Crippen molar-refractivity contribution >= 4 is 44.6 Å². The first kappa shape index (κ1) is 11.4. The van der Waals surface area contributed by atoms with Crippen LogP contribution in [0.25, 0.3) is 10.7 Å². The Labute approximate surface area is 107 Å². The van der Waals surface area contributed by atoms with E-state index in [1.54, 1.807) is 0 Å². The molecule has 0 saturated carbocycles. The Hall–Kier alpha value is -1.05. The van der Waals surface area contributed by atoms with Gasteiger partial charge in [0.25, 0.3) is 5.69 Å². The first-order chi connectivity index (χ1) is 7.58. The van der Waals surface area contributed by atoms with Crippen LogP contribution >= 0.6 is 38.9 Å². The third-order valence-corrected chi connectivity index (χ3v) is 3.74. The number of hydrogen-bond donors (Lipinski definition) is 0. The van der Waals surface area contributed by atoms with Gasteiger partial charge in [-0.15, -0.1) is 11.3 Å². The van der Waals surface area contributed by atoms with E-state index in [0.29, 0.717) is 20.3 Å². The van der Waals surface area contributed by atoms with E-state index in [1.807, 2.05) is 0 Å². The molecule has 0 bridgehead atoms. The minimum atomic E-state index is -0.453. The molecule has 0 aromatic carbocycles. The normalized spacial score (nSPS) is 10.4. The first-order valence-electron chi connectivity index (χ1n) is 3.99. The molecule has 2 heterocycles. The van der Waals surface area contributed by atoms with Crippen LogP contribution in [0.3, 0.4) is 0 Å². The number of hydrogen-bond acceptors (Lipinski definition) is 5. The summed E-state index contributed by atoms with van der Waals surface area (Å²) >= 11 is 10.1. The van der Waals surface area contributed by atoms with Crippen molar-refractivity contribution in [3.05, 3.63) is 37.4 Å². The average Bonchev–Trinajstić information content (AvgIpc) is 2.71. The maximum Gasteiger partial charge on any atom is 0.280 e. The molecule has 2 aromatic rings. The van der Waals surface area contributed by atoms with Gasteiger partial charge in [-0.25, -0.2) is 9.97 Å². The van der Waals surface area contributed by atoms with Crippen LogP contribution in [0.4, 0.5) is 5.69 Å². The minimum absolute atomic E-state index is 0.0367. The van der Waals surface area contributed by atoms with Crippen molar-refractivity contribution in [2.75, 3.05) is 0 Å². The predicted octanol–water partition coefficient (Wildman–Crippen LogP) is 3.53. The molecule has 0 N–H and O–H groups in total. The van der Waals surface area contributed by atoms with Crippen molar-refractivity contribution in [1.29, 1.82) is 0 Å². The number of nitro groups is 1. The summed E-state index contributed by atoms with van der Waals surface area (Å²) in [7, 11) is 0. The Balaban J connectivity index is 2.42. The van der Waals surface area contributed by atoms with Crippen molar-refractivity contribution in [2.45, 2.75) is 0 Å². The van der Waals surface area contributed by atoms with Gasteiger partial charge >= 0.3 is 0 Å². The highest BCUT2D eigenvalue weighted by atomic mass is 79.9. The predicted molar refractivity (Wildman–Crippen MR) is 64.7 cm³/mol. The summed E-state index contributed by atoms with van der Waals surface area (Å²) in [4.78, 5) is 18.8. The van der Waals surface area contributed by atoms with Crippen molar-refractivity contribution in [3.8, 4) is 10.7 Å². The molecule has 0 spiro atoms. The van der Waals surface area contributed by atoms with Gasteiger partial charge in [-0.1, -0.05) is 11.6 Å². The molecule has 0 unspecified atom stereocenters. The molecule has 82 valence electrons. The van der Waals surface area contributed by atoms with E-state index in [4.69, 9.17) is 11.6 Å². The molecule has 0 aliphatic heterocycles. The Kier molecular flexibility index (Phi) is 3.17. The molecule has 0 aliphatic rings. The second-order valence-corrected chi connectivity index (χ2v) is 4.83. The van der Waals surface area contributed by atoms with Crippen molar-refractivity contribution in [2.24, 2.45) is 0 Å². The molecule has 0 saturated heterocycles. The quantitative estimate of drug-likeness (QED) is 0.482. The molecule has 2 aromatic heterocycles.